The smallest absolute Gasteiger partial charge is 0.129 e. The van der Waals surface area contributed by atoms with Crippen molar-refractivity contribution in [3.63, 3.8) is 0 Å². The lowest BCUT2D eigenvalue weighted by Crippen LogP contribution is -2.32. The molecule has 0 atom stereocenters. The molecule has 0 saturated carbocycles. The van der Waals surface area contributed by atoms with Gasteiger partial charge in [-0.15, -0.1) is 0 Å². The Bertz CT molecular complexity index is 572. The molecule has 0 aliphatic carbocycles. The number of aliphatic hydroxyl groups is 1. The maximum absolute atomic E-state index is 9.04. The Balaban J connectivity index is 1.77. The number of β-amino-alcohol motifs (C(OH)–C–C–N with tert-alkyl or cyclic N) is 1. The van der Waals surface area contributed by atoms with Crippen LogP contribution in [0.3, 0.4) is 0 Å². The van der Waals surface area contributed by atoms with Gasteiger partial charge in [0.15, 0.2) is 0 Å². The zero-order valence-corrected chi connectivity index (χ0v) is 11.7. The van der Waals surface area contributed by atoms with Crippen molar-refractivity contribution in [3.8, 4) is 0 Å². The quantitative estimate of drug-likeness (QED) is 0.923. The molecule has 3 rings (SSSR count). The van der Waals surface area contributed by atoms with Crippen LogP contribution in [0.25, 0.3) is 10.9 Å². The molecule has 1 aromatic heterocycles. The van der Waals surface area contributed by atoms with Crippen molar-refractivity contribution < 1.29 is 5.11 Å². The summed E-state index contributed by atoms with van der Waals surface area (Å²) in [6, 6.07) is 12.5. The molecule has 0 radical (unpaired) electrons. The van der Waals surface area contributed by atoms with E-state index < -0.39 is 0 Å². The van der Waals surface area contributed by atoms with Crippen LogP contribution < -0.4 is 4.90 Å². The molecule has 106 valence electrons. The first-order chi connectivity index (χ1) is 9.86. The monoisotopic (exact) mass is 271 g/mol. The van der Waals surface area contributed by atoms with Crippen LogP contribution in [0.15, 0.2) is 36.4 Å². The van der Waals surface area contributed by atoms with E-state index in [1.165, 1.54) is 5.39 Å². The van der Waals surface area contributed by atoms with Crippen molar-refractivity contribution in [3.05, 3.63) is 36.4 Å². The molecule has 1 saturated heterocycles. The zero-order chi connectivity index (χ0) is 13.8. The van der Waals surface area contributed by atoms with E-state index in [2.05, 4.69) is 34.1 Å². The van der Waals surface area contributed by atoms with Crippen LogP contribution in [0.4, 0.5) is 5.82 Å². The van der Waals surface area contributed by atoms with Crippen LogP contribution in [-0.2, 0) is 0 Å². The SMILES string of the molecule is OCCN1CCCN(c2ccc3ccccc3n2)CC1. The molecule has 1 aliphatic heterocycles. The first-order valence-corrected chi connectivity index (χ1v) is 7.31. The van der Waals surface area contributed by atoms with Gasteiger partial charge in [0.25, 0.3) is 0 Å². The van der Waals surface area contributed by atoms with Crippen molar-refractivity contribution >= 4 is 16.7 Å². The second kappa shape index (κ2) is 6.20. The number of anilines is 1. The normalized spacial score (nSPS) is 17.4. The third-order valence-corrected chi connectivity index (χ3v) is 3.91. The van der Waals surface area contributed by atoms with Crippen molar-refractivity contribution in [2.75, 3.05) is 44.2 Å². The summed E-state index contributed by atoms with van der Waals surface area (Å²) >= 11 is 0. The first kappa shape index (κ1) is 13.3. The van der Waals surface area contributed by atoms with E-state index in [1.807, 2.05) is 12.1 Å². The van der Waals surface area contributed by atoms with Gasteiger partial charge in [0.1, 0.15) is 5.82 Å². The molecule has 4 nitrogen and oxygen atoms in total. The number of hydrogen-bond acceptors (Lipinski definition) is 4. The molecule has 1 aromatic carbocycles. The highest BCUT2D eigenvalue weighted by Gasteiger charge is 2.15. The number of pyridine rings is 1. The van der Waals surface area contributed by atoms with Crippen molar-refractivity contribution in [2.45, 2.75) is 6.42 Å². The third kappa shape index (κ3) is 2.92. The Morgan fingerprint density at radius 1 is 1.00 bits per heavy atom. The van der Waals surface area contributed by atoms with E-state index in [4.69, 9.17) is 10.1 Å². The van der Waals surface area contributed by atoms with Gasteiger partial charge in [0.05, 0.1) is 12.1 Å². The number of aliphatic hydroxyl groups excluding tert-OH is 1. The van der Waals surface area contributed by atoms with Crippen LogP contribution in [0.2, 0.25) is 0 Å². The van der Waals surface area contributed by atoms with Crippen LogP contribution in [0.1, 0.15) is 6.42 Å². The molecule has 1 N–H and O–H groups in total. The van der Waals surface area contributed by atoms with Gasteiger partial charge < -0.3 is 10.0 Å². The van der Waals surface area contributed by atoms with Crippen molar-refractivity contribution in [1.29, 1.82) is 0 Å². The van der Waals surface area contributed by atoms with Gasteiger partial charge in [-0.1, -0.05) is 18.2 Å². The maximum atomic E-state index is 9.04. The molecule has 2 heterocycles. The second-order valence-electron chi connectivity index (χ2n) is 5.27. The van der Waals surface area contributed by atoms with E-state index in [1.54, 1.807) is 0 Å². The van der Waals surface area contributed by atoms with Gasteiger partial charge in [-0.05, 0) is 31.2 Å². The fourth-order valence-electron chi connectivity index (χ4n) is 2.80. The average Bonchev–Trinajstić information content (AvgIpc) is 2.73. The Morgan fingerprint density at radius 3 is 2.80 bits per heavy atom. The summed E-state index contributed by atoms with van der Waals surface area (Å²) in [6.45, 7) is 5.09. The zero-order valence-electron chi connectivity index (χ0n) is 11.7. The van der Waals surface area contributed by atoms with Gasteiger partial charge in [-0.3, -0.25) is 4.90 Å². The molecule has 0 amide bonds. The Labute approximate surface area is 119 Å². The number of hydrogen-bond donors (Lipinski definition) is 1. The molecule has 20 heavy (non-hydrogen) atoms. The summed E-state index contributed by atoms with van der Waals surface area (Å²) < 4.78 is 0. The highest BCUT2D eigenvalue weighted by atomic mass is 16.3. The molecule has 0 bridgehead atoms. The van der Waals surface area contributed by atoms with Crippen LogP contribution in [0.5, 0.6) is 0 Å². The standard InChI is InChI=1S/C16H21N3O/c20-13-12-18-8-3-9-19(11-10-18)16-7-6-14-4-1-2-5-15(14)17-16/h1-2,4-7,20H,3,8-13H2. The summed E-state index contributed by atoms with van der Waals surface area (Å²) in [5, 5.41) is 10.2. The van der Waals surface area contributed by atoms with Gasteiger partial charge in [0.2, 0.25) is 0 Å². The molecule has 1 aliphatic rings. The van der Waals surface area contributed by atoms with Crippen LogP contribution in [-0.4, -0.2) is 54.3 Å². The number of rotatable bonds is 3. The molecule has 0 unspecified atom stereocenters. The van der Waals surface area contributed by atoms with E-state index in [-0.39, 0.29) is 6.61 Å². The minimum Gasteiger partial charge on any atom is -0.395 e. The average molecular weight is 271 g/mol. The molecular formula is C16H21N3O. The highest BCUT2D eigenvalue weighted by Crippen LogP contribution is 2.19. The number of aromatic nitrogens is 1. The third-order valence-electron chi connectivity index (χ3n) is 3.91. The van der Waals surface area contributed by atoms with Crippen molar-refractivity contribution in [2.24, 2.45) is 0 Å². The summed E-state index contributed by atoms with van der Waals surface area (Å²) in [7, 11) is 0. The van der Waals surface area contributed by atoms with Gasteiger partial charge in [-0.2, -0.15) is 0 Å². The minimum atomic E-state index is 0.244. The lowest BCUT2D eigenvalue weighted by Gasteiger charge is -2.22. The highest BCUT2D eigenvalue weighted by molar-refractivity contribution is 5.80. The molecule has 1 fully saturated rings. The topological polar surface area (TPSA) is 39.6 Å². The van der Waals surface area contributed by atoms with E-state index >= 15 is 0 Å². The molecule has 0 spiro atoms. The Kier molecular flexibility index (Phi) is 4.14. The molecular weight excluding hydrogens is 250 g/mol. The van der Waals surface area contributed by atoms with E-state index in [0.29, 0.717) is 0 Å². The van der Waals surface area contributed by atoms with Crippen LogP contribution >= 0.6 is 0 Å². The van der Waals surface area contributed by atoms with Crippen LogP contribution in [0, 0.1) is 0 Å². The first-order valence-electron chi connectivity index (χ1n) is 7.31. The summed E-state index contributed by atoms with van der Waals surface area (Å²) in [4.78, 5) is 9.44. The van der Waals surface area contributed by atoms with Gasteiger partial charge >= 0.3 is 0 Å². The Hall–Kier alpha value is -1.65. The lowest BCUT2D eigenvalue weighted by atomic mass is 10.2. The van der Waals surface area contributed by atoms with E-state index in [9.17, 15) is 0 Å². The fourth-order valence-corrected chi connectivity index (χ4v) is 2.80. The molecule has 4 heteroatoms. The molecule has 2 aromatic rings. The number of fused-ring (bicyclic) bond motifs is 1. The predicted molar refractivity (Wildman–Crippen MR) is 82.1 cm³/mol. The maximum Gasteiger partial charge on any atom is 0.129 e. The summed E-state index contributed by atoms with van der Waals surface area (Å²) in [5.41, 5.74) is 1.06. The number of para-hydroxylation sites is 1. The summed E-state index contributed by atoms with van der Waals surface area (Å²) in [5.74, 6) is 1.06. The predicted octanol–water partition coefficient (Wildman–Crippen LogP) is 1.74. The largest absolute Gasteiger partial charge is 0.395 e. The van der Waals surface area contributed by atoms with Crippen molar-refractivity contribution in [1.82, 2.24) is 9.88 Å². The van der Waals surface area contributed by atoms with Gasteiger partial charge in [0, 0.05) is 31.6 Å². The summed E-state index contributed by atoms with van der Waals surface area (Å²) in [6.07, 6.45) is 1.12. The number of benzene rings is 1. The minimum absolute atomic E-state index is 0.244. The number of nitrogens with zero attached hydrogens (tertiary/aromatic N) is 3. The fraction of sp³-hybridized carbons (Fsp3) is 0.438. The van der Waals surface area contributed by atoms with E-state index in [0.717, 1.165) is 50.5 Å². The second-order valence-corrected chi connectivity index (χ2v) is 5.27. The Morgan fingerprint density at radius 2 is 1.90 bits per heavy atom. The van der Waals surface area contributed by atoms with Gasteiger partial charge in [-0.25, -0.2) is 4.98 Å². The lowest BCUT2D eigenvalue weighted by molar-refractivity contribution is 0.204.